The number of aromatic nitrogens is 2. The van der Waals surface area contributed by atoms with Gasteiger partial charge in [0.1, 0.15) is 16.2 Å². The summed E-state index contributed by atoms with van der Waals surface area (Å²) < 4.78 is 12.2. The van der Waals surface area contributed by atoms with E-state index in [4.69, 9.17) is 14.1 Å². The molecule has 9 heteroatoms. The molecule has 0 unspecified atom stereocenters. The van der Waals surface area contributed by atoms with E-state index in [1.54, 1.807) is 28.9 Å². The molecule has 0 saturated carbocycles. The summed E-state index contributed by atoms with van der Waals surface area (Å²) >= 11 is 4.45. The van der Waals surface area contributed by atoms with Gasteiger partial charge in [-0.15, -0.1) is 22.7 Å². The van der Waals surface area contributed by atoms with Crippen LogP contribution in [0.4, 0.5) is 0 Å². The molecule has 4 aromatic rings. The van der Waals surface area contributed by atoms with Gasteiger partial charge >= 0.3 is 5.97 Å². The minimum absolute atomic E-state index is 0.0466. The predicted octanol–water partition coefficient (Wildman–Crippen LogP) is 5.27. The molecule has 29 heavy (non-hydrogen) atoms. The molecular weight excluding hydrogens is 428 g/mol. The highest BCUT2D eigenvalue weighted by Crippen LogP contribution is 2.35. The maximum atomic E-state index is 13.2. The molecule has 0 aliphatic carbocycles. The SMILES string of the molecule is CCOC(=O)c1ccoc1CSc1nc2scc(-c3cccs3)c2c(=O)n1CC. The average Bonchev–Trinajstić information content (AvgIpc) is 3.46. The van der Waals surface area contributed by atoms with E-state index in [2.05, 4.69) is 0 Å². The van der Waals surface area contributed by atoms with Gasteiger partial charge in [-0.05, 0) is 31.4 Å². The third kappa shape index (κ3) is 3.77. The van der Waals surface area contributed by atoms with E-state index in [0.29, 0.717) is 40.8 Å². The number of thioether (sulfide) groups is 1. The Labute approximate surface area is 179 Å². The van der Waals surface area contributed by atoms with Crippen molar-refractivity contribution in [2.45, 2.75) is 31.3 Å². The second-order valence-electron chi connectivity index (χ2n) is 6.02. The van der Waals surface area contributed by atoms with E-state index in [1.165, 1.54) is 29.4 Å². The van der Waals surface area contributed by atoms with Crippen LogP contribution in [0.2, 0.25) is 0 Å². The predicted molar refractivity (Wildman–Crippen MR) is 117 cm³/mol. The molecule has 0 aliphatic heterocycles. The lowest BCUT2D eigenvalue weighted by Gasteiger charge is -2.10. The molecule has 0 spiro atoms. The van der Waals surface area contributed by atoms with Crippen molar-refractivity contribution in [2.24, 2.45) is 0 Å². The molecule has 0 bridgehead atoms. The summed E-state index contributed by atoms with van der Waals surface area (Å²) in [6.07, 6.45) is 1.47. The fraction of sp³-hybridized carbons (Fsp3) is 0.250. The summed E-state index contributed by atoms with van der Waals surface area (Å²) in [5, 5.41) is 5.26. The molecule has 0 aliphatic rings. The second kappa shape index (κ2) is 8.56. The minimum Gasteiger partial charge on any atom is -0.468 e. The first-order valence-corrected chi connectivity index (χ1v) is 11.8. The number of furan rings is 1. The normalized spacial score (nSPS) is 11.2. The Morgan fingerprint density at radius 2 is 2.17 bits per heavy atom. The van der Waals surface area contributed by atoms with Crippen LogP contribution in [0, 0.1) is 0 Å². The molecule has 4 heterocycles. The van der Waals surface area contributed by atoms with Crippen molar-refractivity contribution in [3.05, 3.63) is 56.9 Å². The zero-order valence-corrected chi connectivity index (χ0v) is 18.3. The van der Waals surface area contributed by atoms with E-state index in [0.717, 1.165) is 15.3 Å². The quantitative estimate of drug-likeness (QED) is 0.219. The molecule has 0 amide bonds. The number of hydrogen-bond donors (Lipinski definition) is 0. The summed E-state index contributed by atoms with van der Waals surface area (Å²) in [5.74, 6) is 0.477. The van der Waals surface area contributed by atoms with Crippen molar-refractivity contribution in [1.82, 2.24) is 9.55 Å². The van der Waals surface area contributed by atoms with E-state index in [9.17, 15) is 9.59 Å². The third-order valence-corrected chi connectivity index (χ3v) is 7.09. The van der Waals surface area contributed by atoms with Gasteiger partial charge in [0.15, 0.2) is 5.16 Å². The van der Waals surface area contributed by atoms with Crippen molar-refractivity contribution in [3.8, 4) is 10.4 Å². The molecule has 150 valence electrons. The van der Waals surface area contributed by atoms with Gasteiger partial charge in [-0.2, -0.15) is 0 Å². The van der Waals surface area contributed by atoms with Crippen molar-refractivity contribution >= 4 is 50.6 Å². The molecule has 0 N–H and O–H groups in total. The minimum atomic E-state index is -0.410. The standard InChI is InChI=1S/C20H18N2O4S3/c1-3-22-18(23)16-13(15-6-5-9-27-15)10-28-17(16)21-20(22)29-11-14-12(7-8-26-14)19(24)25-4-2/h5-10H,3-4,11H2,1-2H3. The number of fused-ring (bicyclic) bond motifs is 1. The number of hydrogen-bond acceptors (Lipinski definition) is 8. The summed E-state index contributed by atoms with van der Waals surface area (Å²) in [7, 11) is 0. The van der Waals surface area contributed by atoms with Gasteiger partial charge < -0.3 is 9.15 Å². The van der Waals surface area contributed by atoms with Crippen LogP contribution >= 0.6 is 34.4 Å². The number of carbonyl (C=O) groups excluding carboxylic acids is 1. The van der Waals surface area contributed by atoms with Gasteiger partial charge in [-0.3, -0.25) is 9.36 Å². The summed E-state index contributed by atoms with van der Waals surface area (Å²) in [4.78, 5) is 31.8. The van der Waals surface area contributed by atoms with E-state index >= 15 is 0 Å². The fourth-order valence-electron chi connectivity index (χ4n) is 2.98. The number of nitrogens with zero attached hydrogens (tertiary/aromatic N) is 2. The lowest BCUT2D eigenvalue weighted by molar-refractivity contribution is 0.0524. The highest BCUT2D eigenvalue weighted by atomic mass is 32.2. The highest BCUT2D eigenvalue weighted by molar-refractivity contribution is 7.98. The van der Waals surface area contributed by atoms with E-state index in [-0.39, 0.29) is 5.56 Å². The Balaban J connectivity index is 1.68. The maximum Gasteiger partial charge on any atom is 0.341 e. The Morgan fingerprint density at radius 1 is 1.31 bits per heavy atom. The van der Waals surface area contributed by atoms with Gasteiger partial charge in [0.25, 0.3) is 5.56 Å². The van der Waals surface area contributed by atoms with Gasteiger partial charge in [-0.25, -0.2) is 9.78 Å². The molecule has 0 radical (unpaired) electrons. The maximum absolute atomic E-state index is 13.2. The highest BCUT2D eigenvalue weighted by Gasteiger charge is 2.20. The summed E-state index contributed by atoms with van der Waals surface area (Å²) in [5.41, 5.74) is 1.29. The van der Waals surface area contributed by atoms with Crippen molar-refractivity contribution in [2.75, 3.05) is 6.61 Å². The number of ether oxygens (including phenoxy) is 1. The first-order valence-electron chi connectivity index (χ1n) is 9.06. The fourth-order valence-corrected chi connectivity index (χ4v) is 5.80. The van der Waals surface area contributed by atoms with Crippen LogP contribution in [0.3, 0.4) is 0 Å². The third-order valence-electron chi connectivity index (χ3n) is 4.33. The van der Waals surface area contributed by atoms with Gasteiger partial charge in [-0.1, -0.05) is 17.8 Å². The zero-order chi connectivity index (χ0) is 20.4. The van der Waals surface area contributed by atoms with Crippen LogP contribution in [0.5, 0.6) is 0 Å². The van der Waals surface area contributed by atoms with Crippen LogP contribution in [0.25, 0.3) is 20.7 Å². The van der Waals surface area contributed by atoms with Crippen LogP contribution in [0.15, 0.2) is 49.6 Å². The Morgan fingerprint density at radius 3 is 2.90 bits per heavy atom. The molecular formula is C20H18N2O4S3. The second-order valence-corrected chi connectivity index (χ2v) is 8.77. The van der Waals surface area contributed by atoms with Crippen LogP contribution in [0.1, 0.15) is 30.0 Å². The van der Waals surface area contributed by atoms with Gasteiger partial charge in [0, 0.05) is 22.4 Å². The average molecular weight is 447 g/mol. The number of esters is 1. The Kier molecular flexibility index (Phi) is 5.89. The van der Waals surface area contributed by atoms with Crippen molar-refractivity contribution < 1.29 is 13.9 Å². The van der Waals surface area contributed by atoms with Crippen LogP contribution in [-0.4, -0.2) is 22.1 Å². The van der Waals surface area contributed by atoms with Crippen molar-refractivity contribution in [3.63, 3.8) is 0 Å². The Bertz CT molecular complexity index is 1200. The lowest BCUT2D eigenvalue weighted by Crippen LogP contribution is -2.22. The number of carbonyl (C=O) groups is 1. The van der Waals surface area contributed by atoms with Crippen molar-refractivity contribution in [1.29, 1.82) is 0 Å². The van der Waals surface area contributed by atoms with Gasteiger partial charge in [0.05, 0.1) is 24.0 Å². The molecule has 6 nitrogen and oxygen atoms in total. The zero-order valence-electron chi connectivity index (χ0n) is 15.8. The van der Waals surface area contributed by atoms with Crippen LogP contribution < -0.4 is 5.56 Å². The number of rotatable bonds is 7. The smallest absolute Gasteiger partial charge is 0.341 e. The van der Waals surface area contributed by atoms with E-state index < -0.39 is 5.97 Å². The number of thiophene rings is 2. The first-order chi connectivity index (χ1) is 14.1. The van der Waals surface area contributed by atoms with Crippen LogP contribution in [-0.2, 0) is 17.0 Å². The Hall–Kier alpha value is -2.36. The molecule has 0 aromatic carbocycles. The molecule has 0 saturated heterocycles. The summed E-state index contributed by atoms with van der Waals surface area (Å²) in [6, 6.07) is 5.59. The topological polar surface area (TPSA) is 74.3 Å². The largest absolute Gasteiger partial charge is 0.468 e. The van der Waals surface area contributed by atoms with Gasteiger partial charge in [0.2, 0.25) is 0 Å². The van der Waals surface area contributed by atoms with E-state index in [1.807, 2.05) is 29.8 Å². The summed E-state index contributed by atoms with van der Waals surface area (Å²) in [6.45, 7) is 4.49. The molecule has 4 rings (SSSR count). The molecule has 0 fully saturated rings. The molecule has 4 aromatic heterocycles. The monoisotopic (exact) mass is 446 g/mol. The molecule has 0 atom stereocenters. The first kappa shape index (κ1) is 19.9. The lowest BCUT2D eigenvalue weighted by atomic mass is 10.2.